The summed E-state index contributed by atoms with van der Waals surface area (Å²) in [5.41, 5.74) is 2.20. The molecule has 2 aliphatic heterocycles. The Bertz CT molecular complexity index is 649. The molecular weight excluding hydrogens is 340 g/mol. The van der Waals surface area contributed by atoms with Crippen molar-refractivity contribution in [3.05, 3.63) is 29.8 Å². The lowest BCUT2D eigenvalue weighted by atomic mass is 9.87. The van der Waals surface area contributed by atoms with E-state index in [-0.39, 0.29) is 29.1 Å². The van der Waals surface area contributed by atoms with E-state index in [2.05, 4.69) is 38.2 Å². The summed E-state index contributed by atoms with van der Waals surface area (Å²) in [6.07, 6.45) is 3.12. The first-order chi connectivity index (χ1) is 12.8. The van der Waals surface area contributed by atoms with Crippen LogP contribution in [0.4, 0.5) is 5.69 Å². The van der Waals surface area contributed by atoms with Gasteiger partial charge in [0.1, 0.15) is 0 Å². The summed E-state index contributed by atoms with van der Waals surface area (Å²) in [5.74, 6) is 0.392. The van der Waals surface area contributed by atoms with Crippen molar-refractivity contribution >= 4 is 17.5 Å². The topological polar surface area (TPSA) is 58.6 Å². The van der Waals surface area contributed by atoms with Gasteiger partial charge in [0.2, 0.25) is 11.8 Å². The number of piperidine rings is 1. The van der Waals surface area contributed by atoms with Crippen LogP contribution < -0.4 is 5.32 Å². The van der Waals surface area contributed by atoms with Crippen LogP contribution in [0.2, 0.25) is 0 Å². The van der Waals surface area contributed by atoms with Gasteiger partial charge in [-0.15, -0.1) is 0 Å². The number of carbonyl (C=O) groups is 2. The Hall–Kier alpha value is -1.88. The molecule has 1 aromatic rings. The average Bonchev–Trinajstić information content (AvgIpc) is 2.68. The normalized spacial score (nSPS) is 19.7. The monoisotopic (exact) mass is 372 g/mol. The number of rotatable bonds is 3. The van der Waals surface area contributed by atoms with Crippen LogP contribution in [-0.2, 0) is 19.7 Å². The second-order valence-electron chi connectivity index (χ2n) is 8.80. The van der Waals surface area contributed by atoms with Gasteiger partial charge in [-0.2, -0.15) is 0 Å². The number of benzene rings is 1. The SMILES string of the molecule is CC(C)(C)c1ccc(NC(=O)C2CCN(C(=O)C3CCOCC3)CC2)cc1. The van der Waals surface area contributed by atoms with Crippen molar-refractivity contribution in [3.63, 3.8) is 0 Å². The van der Waals surface area contributed by atoms with E-state index in [1.165, 1.54) is 5.56 Å². The van der Waals surface area contributed by atoms with Crippen molar-refractivity contribution in [2.24, 2.45) is 11.8 Å². The van der Waals surface area contributed by atoms with Gasteiger partial charge in [-0.3, -0.25) is 9.59 Å². The molecule has 0 radical (unpaired) electrons. The molecule has 5 heteroatoms. The summed E-state index contributed by atoms with van der Waals surface area (Å²) < 4.78 is 5.34. The Morgan fingerprint density at radius 1 is 0.963 bits per heavy atom. The van der Waals surface area contributed by atoms with Gasteiger partial charge in [0.25, 0.3) is 0 Å². The first kappa shape index (κ1) is 19.9. The lowest BCUT2D eigenvalue weighted by Crippen LogP contribution is -2.45. The molecule has 2 aliphatic rings. The van der Waals surface area contributed by atoms with Crippen LogP contribution in [0.15, 0.2) is 24.3 Å². The molecule has 2 amide bonds. The highest BCUT2D eigenvalue weighted by Gasteiger charge is 2.31. The third-order valence-corrected chi connectivity index (χ3v) is 5.77. The average molecular weight is 373 g/mol. The zero-order chi connectivity index (χ0) is 19.4. The van der Waals surface area contributed by atoms with Crippen LogP contribution in [0.25, 0.3) is 0 Å². The molecule has 0 atom stereocenters. The maximum atomic E-state index is 12.6. The molecule has 0 saturated carbocycles. The number of amides is 2. The van der Waals surface area contributed by atoms with Gasteiger partial charge in [-0.25, -0.2) is 0 Å². The molecule has 0 unspecified atom stereocenters. The van der Waals surface area contributed by atoms with Gasteiger partial charge in [-0.1, -0.05) is 32.9 Å². The summed E-state index contributed by atoms with van der Waals surface area (Å²) in [6.45, 7) is 9.25. The Balaban J connectivity index is 1.49. The lowest BCUT2D eigenvalue weighted by Gasteiger charge is -2.34. The fraction of sp³-hybridized carbons (Fsp3) is 0.636. The third-order valence-electron chi connectivity index (χ3n) is 5.77. The number of hydrogen-bond donors (Lipinski definition) is 1. The Labute approximate surface area is 162 Å². The van der Waals surface area contributed by atoms with Crippen LogP contribution in [-0.4, -0.2) is 43.0 Å². The highest BCUT2D eigenvalue weighted by Crippen LogP contribution is 2.26. The Kier molecular flexibility index (Phi) is 6.20. The molecule has 3 rings (SSSR count). The van der Waals surface area contributed by atoms with Crippen molar-refractivity contribution in [2.75, 3.05) is 31.6 Å². The van der Waals surface area contributed by atoms with Crippen molar-refractivity contribution in [3.8, 4) is 0 Å². The zero-order valence-corrected chi connectivity index (χ0v) is 16.8. The van der Waals surface area contributed by atoms with Crippen LogP contribution >= 0.6 is 0 Å². The fourth-order valence-electron chi connectivity index (χ4n) is 3.86. The van der Waals surface area contributed by atoms with Crippen LogP contribution in [0.1, 0.15) is 52.0 Å². The first-order valence-corrected chi connectivity index (χ1v) is 10.1. The maximum Gasteiger partial charge on any atom is 0.227 e. The second-order valence-corrected chi connectivity index (χ2v) is 8.80. The number of likely N-dealkylation sites (tertiary alicyclic amines) is 1. The summed E-state index contributed by atoms with van der Waals surface area (Å²) in [6, 6.07) is 8.10. The molecule has 27 heavy (non-hydrogen) atoms. The van der Waals surface area contributed by atoms with Gasteiger partial charge in [0.15, 0.2) is 0 Å². The summed E-state index contributed by atoms with van der Waals surface area (Å²) in [4.78, 5) is 27.1. The largest absolute Gasteiger partial charge is 0.381 e. The van der Waals surface area contributed by atoms with E-state index in [1.54, 1.807) is 0 Å². The van der Waals surface area contributed by atoms with E-state index in [9.17, 15) is 9.59 Å². The van der Waals surface area contributed by atoms with Gasteiger partial charge < -0.3 is 15.0 Å². The number of nitrogens with one attached hydrogen (secondary N) is 1. The zero-order valence-electron chi connectivity index (χ0n) is 16.8. The molecule has 0 spiro atoms. The van der Waals surface area contributed by atoms with Crippen molar-refractivity contribution in [1.29, 1.82) is 0 Å². The van der Waals surface area contributed by atoms with E-state index >= 15 is 0 Å². The minimum atomic E-state index is -0.0222. The molecule has 0 bridgehead atoms. The smallest absolute Gasteiger partial charge is 0.227 e. The first-order valence-electron chi connectivity index (χ1n) is 10.1. The molecule has 1 aromatic carbocycles. The molecule has 2 heterocycles. The van der Waals surface area contributed by atoms with E-state index < -0.39 is 0 Å². The van der Waals surface area contributed by atoms with Crippen molar-refractivity contribution in [2.45, 2.75) is 51.9 Å². The molecule has 0 aliphatic carbocycles. The van der Waals surface area contributed by atoms with Gasteiger partial charge in [-0.05, 0) is 48.8 Å². The van der Waals surface area contributed by atoms with E-state index in [0.717, 1.165) is 31.4 Å². The van der Waals surface area contributed by atoms with E-state index in [1.807, 2.05) is 17.0 Å². The summed E-state index contributed by atoms with van der Waals surface area (Å²) >= 11 is 0. The molecular formula is C22H32N2O3. The number of hydrogen-bond acceptors (Lipinski definition) is 3. The predicted molar refractivity (Wildman–Crippen MR) is 107 cm³/mol. The Morgan fingerprint density at radius 2 is 1.56 bits per heavy atom. The second kappa shape index (κ2) is 8.42. The van der Waals surface area contributed by atoms with Gasteiger partial charge in [0, 0.05) is 43.8 Å². The molecule has 0 aromatic heterocycles. The third kappa shape index (κ3) is 5.10. The minimum absolute atomic E-state index is 0.0222. The van der Waals surface area contributed by atoms with Crippen LogP contribution in [0.5, 0.6) is 0 Å². The molecule has 1 N–H and O–H groups in total. The molecule has 2 fully saturated rings. The minimum Gasteiger partial charge on any atom is -0.381 e. The number of ether oxygens (including phenoxy) is 1. The van der Waals surface area contributed by atoms with Crippen molar-refractivity contribution in [1.82, 2.24) is 4.90 Å². The molecule has 5 nitrogen and oxygen atoms in total. The molecule has 2 saturated heterocycles. The summed E-state index contributed by atoms with van der Waals surface area (Å²) in [5, 5.41) is 3.04. The van der Waals surface area contributed by atoms with Crippen LogP contribution in [0, 0.1) is 11.8 Å². The maximum absolute atomic E-state index is 12.6. The van der Waals surface area contributed by atoms with Gasteiger partial charge >= 0.3 is 0 Å². The van der Waals surface area contributed by atoms with E-state index in [0.29, 0.717) is 26.3 Å². The van der Waals surface area contributed by atoms with Gasteiger partial charge in [0.05, 0.1) is 0 Å². The lowest BCUT2D eigenvalue weighted by molar-refractivity contribution is -0.141. The molecule has 148 valence electrons. The quantitative estimate of drug-likeness (QED) is 0.882. The van der Waals surface area contributed by atoms with Crippen LogP contribution in [0.3, 0.4) is 0 Å². The number of nitrogens with zero attached hydrogens (tertiary/aromatic N) is 1. The number of anilines is 1. The Morgan fingerprint density at radius 3 is 2.11 bits per heavy atom. The van der Waals surface area contributed by atoms with E-state index in [4.69, 9.17) is 4.74 Å². The summed E-state index contributed by atoms with van der Waals surface area (Å²) in [7, 11) is 0. The highest BCUT2D eigenvalue weighted by atomic mass is 16.5. The standard InChI is InChI=1S/C22H32N2O3/c1-22(2,3)18-4-6-19(7-5-18)23-20(25)16-8-12-24(13-9-16)21(26)17-10-14-27-15-11-17/h4-7,16-17H,8-15H2,1-3H3,(H,23,25). The van der Waals surface area contributed by atoms with Crippen molar-refractivity contribution < 1.29 is 14.3 Å². The predicted octanol–water partition coefficient (Wildman–Crippen LogP) is 3.59. The highest BCUT2D eigenvalue weighted by molar-refractivity contribution is 5.92. The fourth-order valence-corrected chi connectivity index (χ4v) is 3.86. The number of carbonyl (C=O) groups excluding carboxylic acids is 2.